The van der Waals surface area contributed by atoms with Gasteiger partial charge in [-0.2, -0.15) is 0 Å². The summed E-state index contributed by atoms with van der Waals surface area (Å²) in [5, 5.41) is 3.29. The van der Waals surface area contributed by atoms with E-state index >= 15 is 0 Å². The van der Waals surface area contributed by atoms with Gasteiger partial charge in [0.2, 0.25) is 5.91 Å². The van der Waals surface area contributed by atoms with E-state index in [1.807, 2.05) is 24.3 Å². The van der Waals surface area contributed by atoms with Crippen LogP contribution in [0.2, 0.25) is 5.02 Å². The van der Waals surface area contributed by atoms with Crippen molar-refractivity contribution in [3.63, 3.8) is 0 Å². The lowest BCUT2D eigenvalue weighted by Gasteiger charge is -2.29. The van der Waals surface area contributed by atoms with Crippen LogP contribution >= 0.6 is 27.5 Å². The zero-order chi connectivity index (χ0) is 22.8. The number of amides is 2. The van der Waals surface area contributed by atoms with Gasteiger partial charge in [-0.05, 0) is 49.2 Å². The molecule has 2 rings (SSSR count). The molecule has 0 saturated heterocycles. The quantitative estimate of drug-likeness (QED) is 0.439. The molecule has 6 nitrogen and oxygen atoms in total. The van der Waals surface area contributed by atoms with E-state index in [1.165, 1.54) is 4.90 Å². The fourth-order valence-electron chi connectivity index (χ4n) is 2.86. The largest absolute Gasteiger partial charge is 0.497 e. The highest BCUT2D eigenvalue weighted by Gasteiger charge is 2.26. The van der Waals surface area contributed by atoms with Crippen molar-refractivity contribution in [2.45, 2.75) is 39.3 Å². The maximum Gasteiger partial charge on any atom is 0.261 e. The van der Waals surface area contributed by atoms with E-state index in [0.29, 0.717) is 17.3 Å². The third-order valence-electron chi connectivity index (χ3n) is 4.75. The van der Waals surface area contributed by atoms with Gasteiger partial charge >= 0.3 is 0 Å². The lowest BCUT2D eigenvalue weighted by molar-refractivity contribution is -0.142. The molecule has 31 heavy (non-hydrogen) atoms. The number of benzene rings is 2. The van der Waals surface area contributed by atoms with Crippen molar-refractivity contribution >= 4 is 39.3 Å². The molecular formula is C23H28BrClN2O4. The number of rotatable bonds is 11. The minimum atomic E-state index is -0.657. The molecule has 0 spiro atoms. The predicted octanol–water partition coefficient (Wildman–Crippen LogP) is 4.82. The van der Waals surface area contributed by atoms with Gasteiger partial charge in [0.1, 0.15) is 17.5 Å². The van der Waals surface area contributed by atoms with E-state index in [4.69, 9.17) is 21.1 Å². The molecule has 0 aliphatic heterocycles. The van der Waals surface area contributed by atoms with Crippen LogP contribution in [-0.4, -0.2) is 43.0 Å². The van der Waals surface area contributed by atoms with Gasteiger partial charge in [-0.1, -0.05) is 53.0 Å². The Labute approximate surface area is 197 Å². The van der Waals surface area contributed by atoms with Gasteiger partial charge in [0.15, 0.2) is 6.61 Å². The van der Waals surface area contributed by atoms with Crippen LogP contribution in [0.15, 0.2) is 46.9 Å². The summed E-state index contributed by atoms with van der Waals surface area (Å²) in [4.78, 5) is 27.2. The second kappa shape index (κ2) is 12.6. The molecule has 0 radical (unpaired) electrons. The fraction of sp³-hybridized carbons (Fsp3) is 0.391. The minimum absolute atomic E-state index is 0.197. The van der Waals surface area contributed by atoms with Crippen LogP contribution in [-0.2, 0) is 16.1 Å². The number of carbonyl (C=O) groups is 2. The number of nitrogens with one attached hydrogen (secondary N) is 1. The molecule has 8 heteroatoms. The summed E-state index contributed by atoms with van der Waals surface area (Å²) in [7, 11) is 1.60. The number of ether oxygens (including phenoxy) is 2. The van der Waals surface area contributed by atoms with Crippen molar-refractivity contribution in [1.29, 1.82) is 0 Å². The van der Waals surface area contributed by atoms with E-state index < -0.39 is 6.04 Å². The first kappa shape index (κ1) is 25.0. The molecule has 1 N–H and O–H groups in total. The molecule has 2 aromatic rings. The van der Waals surface area contributed by atoms with E-state index in [9.17, 15) is 9.59 Å². The first-order valence-corrected chi connectivity index (χ1v) is 11.3. The molecule has 0 aromatic heterocycles. The molecule has 0 heterocycles. The van der Waals surface area contributed by atoms with Crippen LogP contribution in [0.5, 0.6) is 11.5 Å². The van der Waals surface area contributed by atoms with Gasteiger partial charge in [-0.25, -0.2) is 0 Å². The molecule has 1 atom stereocenters. The zero-order valence-electron chi connectivity index (χ0n) is 18.0. The Morgan fingerprint density at radius 1 is 1.19 bits per heavy atom. The van der Waals surface area contributed by atoms with Gasteiger partial charge < -0.3 is 19.7 Å². The van der Waals surface area contributed by atoms with Crippen molar-refractivity contribution in [2.75, 3.05) is 20.3 Å². The molecule has 0 aliphatic carbocycles. The maximum absolute atomic E-state index is 13.0. The Morgan fingerprint density at radius 2 is 1.90 bits per heavy atom. The summed E-state index contributed by atoms with van der Waals surface area (Å²) >= 11 is 9.52. The number of nitrogens with zero attached hydrogens (tertiary/aromatic N) is 1. The molecule has 168 valence electrons. The third kappa shape index (κ3) is 7.74. The Morgan fingerprint density at radius 3 is 2.52 bits per heavy atom. The number of hydrogen-bond acceptors (Lipinski definition) is 4. The summed E-state index contributed by atoms with van der Waals surface area (Å²) in [6, 6.07) is 11.9. The first-order chi connectivity index (χ1) is 14.8. The van der Waals surface area contributed by atoms with E-state index in [0.717, 1.165) is 28.6 Å². The van der Waals surface area contributed by atoms with Crippen molar-refractivity contribution in [1.82, 2.24) is 10.2 Å². The Bertz CT molecular complexity index is 876. The van der Waals surface area contributed by atoms with Crippen molar-refractivity contribution < 1.29 is 19.1 Å². The summed E-state index contributed by atoms with van der Waals surface area (Å²) in [6.45, 7) is 4.39. The smallest absolute Gasteiger partial charge is 0.261 e. The molecule has 0 fully saturated rings. The average Bonchev–Trinajstić information content (AvgIpc) is 2.76. The predicted molar refractivity (Wildman–Crippen MR) is 126 cm³/mol. The highest BCUT2D eigenvalue weighted by Crippen LogP contribution is 2.27. The second-order valence-corrected chi connectivity index (χ2v) is 8.38. The Kier molecular flexibility index (Phi) is 10.1. The number of hydrogen-bond donors (Lipinski definition) is 1. The Balaban J connectivity index is 2.13. The SMILES string of the molecule is CCCCNC(=O)C(C)N(Cc1ccc(OC)cc1)C(=O)COc1ccc(Br)cc1Cl. The van der Waals surface area contributed by atoms with Crippen LogP contribution < -0.4 is 14.8 Å². The van der Waals surface area contributed by atoms with E-state index in [-0.39, 0.29) is 25.0 Å². The lowest BCUT2D eigenvalue weighted by Crippen LogP contribution is -2.49. The number of halogens is 2. The molecule has 0 bridgehead atoms. The van der Waals surface area contributed by atoms with Gasteiger partial charge in [-0.15, -0.1) is 0 Å². The topological polar surface area (TPSA) is 67.9 Å². The van der Waals surface area contributed by atoms with Gasteiger partial charge in [-0.3, -0.25) is 9.59 Å². The molecule has 0 aliphatic rings. The summed E-state index contributed by atoms with van der Waals surface area (Å²) < 4.78 is 11.6. The van der Waals surface area contributed by atoms with Crippen LogP contribution in [0, 0.1) is 0 Å². The molecule has 1 unspecified atom stereocenters. The summed E-state index contributed by atoms with van der Waals surface area (Å²) in [5.41, 5.74) is 0.879. The molecule has 2 amide bonds. The lowest BCUT2D eigenvalue weighted by atomic mass is 10.1. The van der Waals surface area contributed by atoms with Crippen LogP contribution in [0.4, 0.5) is 0 Å². The Hall–Kier alpha value is -2.25. The van der Waals surface area contributed by atoms with E-state index in [2.05, 4.69) is 28.2 Å². The monoisotopic (exact) mass is 510 g/mol. The summed E-state index contributed by atoms with van der Waals surface area (Å²) in [6.07, 6.45) is 1.86. The maximum atomic E-state index is 13.0. The van der Waals surface area contributed by atoms with Crippen molar-refractivity contribution in [3.05, 3.63) is 57.5 Å². The third-order valence-corrected chi connectivity index (χ3v) is 5.54. The van der Waals surface area contributed by atoms with Gasteiger partial charge in [0.25, 0.3) is 5.91 Å². The first-order valence-electron chi connectivity index (χ1n) is 10.1. The van der Waals surface area contributed by atoms with Crippen molar-refractivity contribution in [3.8, 4) is 11.5 Å². The normalized spacial score (nSPS) is 11.5. The highest BCUT2D eigenvalue weighted by molar-refractivity contribution is 9.10. The molecular weight excluding hydrogens is 484 g/mol. The van der Waals surface area contributed by atoms with Gasteiger partial charge in [0, 0.05) is 17.6 Å². The number of carbonyl (C=O) groups excluding carboxylic acids is 2. The van der Waals surface area contributed by atoms with Crippen molar-refractivity contribution in [2.24, 2.45) is 0 Å². The van der Waals surface area contributed by atoms with Crippen LogP contribution in [0.1, 0.15) is 32.3 Å². The summed E-state index contributed by atoms with van der Waals surface area (Å²) in [5.74, 6) is 0.618. The van der Waals surface area contributed by atoms with Crippen LogP contribution in [0.25, 0.3) is 0 Å². The van der Waals surface area contributed by atoms with Gasteiger partial charge in [0.05, 0.1) is 12.1 Å². The average molecular weight is 512 g/mol. The molecule has 0 saturated carbocycles. The highest BCUT2D eigenvalue weighted by atomic mass is 79.9. The number of unbranched alkanes of at least 4 members (excludes halogenated alkanes) is 1. The standard InChI is InChI=1S/C23H28BrClN2O4/c1-4-5-12-26-23(29)16(2)27(14-17-6-9-19(30-3)10-7-17)22(28)15-31-21-11-8-18(24)13-20(21)25/h6-11,13,16H,4-5,12,14-15H2,1-3H3,(H,26,29). The fourth-order valence-corrected chi connectivity index (χ4v) is 3.59. The number of methoxy groups -OCH3 is 1. The van der Waals surface area contributed by atoms with Crippen LogP contribution in [0.3, 0.4) is 0 Å². The molecule has 2 aromatic carbocycles. The van der Waals surface area contributed by atoms with E-state index in [1.54, 1.807) is 32.2 Å². The second-order valence-electron chi connectivity index (χ2n) is 7.05. The zero-order valence-corrected chi connectivity index (χ0v) is 20.3. The minimum Gasteiger partial charge on any atom is -0.497 e.